The van der Waals surface area contributed by atoms with E-state index in [1.54, 1.807) is 10.6 Å². The van der Waals surface area contributed by atoms with Crippen molar-refractivity contribution in [2.75, 3.05) is 13.2 Å². The smallest absolute Gasteiger partial charge is 0.426 e. The number of aromatic nitrogens is 2. The highest BCUT2D eigenvalue weighted by molar-refractivity contribution is 6.40. The van der Waals surface area contributed by atoms with Crippen molar-refractivity contribution in [3.05, 3.63) is 82.8 Å². The zero-order valence-electron chi connectivity index (χ0n) is 17.1. The lowest BCUT2D eigenvalue weighted by Crippen LogP contribution is -2.42. The average molecular weight is 489 g/mol. The molecule has 0 unspecified atom stereocenters. The number of ether oxygens (including phenoxy) is 2. The number of furan rings is 1. The number of halogens is 2. The molecule has 0 aliphatic carbocycles. The normalized spacial score (nSPS) is 10.7. The highest BCUT2D eigenvalue weighted by Gasteiger charge is 2.14. The first-order chi connectivity index (χ1) is 16.0. The molecule has 2 amide bonds. The van der Waals surface area contributed by atoms with Gasteiger partial charge >= 0.3 is 12.0 Å². The fourth-order valence-electron chi connectivity index (χ4n) is 2.96. The van der Waals surface area contributed by atoms with E-state index in [2.05, 4.69) is 15.8 Å². The third-order valence-electron chi connectivity index (χ3n) is 4.53. The van der Waals surface area contributed by atoms with Crippen molar-refractivity contribution in [2.24, 2.45) is 0 Å². The zero-order chi connectivity index (χ0) is 23.2. The number of benzene rings is 2. The first-order valence-electron chi connectivity index (χ1n) is 9.79. The predicted molar refractivity (Wildman–Crippen MR) is 121 cm³/mol. The molecule has 0 saturated carbocycles. The minimum absolute atomic E-state index is 0.00629. The van der Waals surface area contributed by atoms with Crippen LogP contribution in [0.3, 0.4) is 0 Å². The first-order valence-corrected chi connectivity index (χ1v) is 10.5. The molecule has 2 aromatic heterocycles. The van der Waals surface area contributed by atoms with Gasteiger partial charge in [0, 0.05) is 0 Å². The summed E-state index contributed by atoms with van der Waals surface area (Å²) in [6, 6.07) is 16.7. The Morgan fingerprint density at radius 1 is 1.00 bits per heavy atom. The Morgan fingerprint density at radius 3 is 2.61 bits per heavy atom. The van der Waals surface area contributed by atoms with Gasteiger partial charge in [0.2, 0.25) is 0 Å². The Kier molecular flexibility index (Phi) is 7.01. The second kappa shape index (κ2) is 10.3. The molecule has 0 aliphatic rings. The van der Waals surface area contributed by atoms with Crippen LogP contribution in [0.1, 0.15) is 16.3 Å². The molecule has 0 fully saturated rings. The lowest BCUT2D eigenvalue weighted by atomic mass is 10.1. The summed E-state index contributed by atoms with van der Waals surface area (Å²) in [5, 5.41) is 2.59. The molecule has 4 rings (SSSR count). The Balaban J connectivity index is 1.17. The highest BCUT2D eigenvalue weighted by atomic mass is 35.5. The molecule has 4 aromatic rings. The number of nitrogens with zero attached hydrogens (tertiary/aromatic N) is 2. The number of hydrogen-bond acceptors (Lipinski definition) is 6. The molecular weight excluding hydrogens is 471 g/mol. The van der Waals surface area contributed by atoms with Gasteiger partial charge in [0.1, 0.15) is 29.9 Å². The van der Waals surface area contributed by atoms with Crippen molar-refractivity contribution in [2.45, 2.75) is 6.54 Å². The van der Waals surface area contributed by atoms with Crippen LogP contribution in [0.2, 0.25) is 10.3 Å². The average Bonchev–Trinajstić information content (AvgIpc) is 3.42. The summed E-state index contributed by atoms with van der Waals surface area (Å²) in [6.07, 6.45) is 0.617. The number of rotatable bonds is 7. The molecule has 0 bridgehead atoms. The molecular formula is C22H18Cl2N4O5. The lowest BCUT2D eigenvalue weighted by Gasteiger charge is -2.09. The first kappa shape index (κ1) is 22.5. The van der Waals surface area contributed by atoms with Crippen molar-refractivity contribution >= 4 is 46.0 Å². The number of nitrogens with one attached hydrogen (secondary N) is 2. The van der Waals surface area contributed by atoms with E-state index in [9.17, 15) is 9.59 Å². The van der Waals surface area contributed by atoms with E-state index in [0.717, 1.165) is 10.8 Å². The molecule has 9 nitrogen and oxygen atoms in total. The molecule has 0 radical (unpaired) electrons. The van der Waals surface area contributed by atoms with Crippen LogP contribution >= 0.6 is 23.2 Å². The summed E-state index contributed by atoms with van der Waals surface area (Å²) < 4.78 is 17.6. The molecule has 33 heavy (non-hydrogen) atoms. The molecule has 0 atom stereocenters. The second-order valence-corrected chi connectivity index (χ2v) is 7.51. The standard InChI is InChI=1S/C22H18Cl2N4O5/c23-19-20(24)28(13-25-19)12-17-7-8-18(33-17)21(29)26-27-22(30)32-10-9-31-16-6-5-14-3-1-2-4-15(14)11-16/h1-8,11,13H,9-10,12H2,(H,26,29)(H,27,30). The Labute approximate surface area is 198 Å². The van der Waals surface area contributed by atoms with Crippen molar-refractivity contribution in [3.63, 3.8) is 0 Å². The van der Waals surface area contributed by atoms with Crippen molar-refractivity contribution in [1.82, 2.24) is 20.4 Å². The quantitative estimate of drug-likeness (QED) is 0.294. The fraction of sp³-hybridized carbons (Fsp3) is 0.136. The van der Waals surface area contributed by atoms with Crippen LogP contribution in [0.25, 0.3) is 10.8 Å². The largest absolute Gasteiger partial charge is 0.490 e. The van der Waals surface area contributed by atoms with Gasteiger partial charge < -0.3 is 18.5 Å². The molecule has 0 spiro atoms. The molecule has 2 heterocycles. The van der Waals surface area contributed by atoms with Crippen LogP contribution < -0.4 is 15.6 Å². The highest BCUT2D eigenvalue weighted by Crippen LogP contribution is 2.22. The van der Waals surface area contributed by atoms with Crippen LogP contribution in [-0.4, -0.2) is 34.8 Å². The molecule has 2 aromatic carbocycles. The molecule has 11 heteroatoms. The van der Waals surface area contributed by atoms with E-state index in [-0.39, 0.29) is 35.8 Å². The summed E-state index contributed by atoms with van der Waals surface area (Å²) in [5.74, 6) is 0.455. The topological polar surface area (TPSA) is 108 Å². The van der Waals surface area contributed by atoms with Crippen molar-refractivity contribution < 1.29 is 23.5 Å². The fourth-order valence-corrected chi connectivity index (χ4v) is 3.27. The molecule has 2 N–H and O–H groups in total. The number of fused-ring (bicyclic) bond motifs is 1. The van der Waals surface area contributed by atoms with Gasteiger partial charge in [-0.05, 0) is 35.0 Å². The van der Waals surface area contributed by atoms with E-state index >= 15 is 0 Å². The Bertz CT molecular complexity index is 1290. The number of hydrogen-bond donors (Lipinski definition) is 2. The SMILES string of the molecule is O=C(NNC(=O)c1ccc(Cn2cnc(Cl)c2Cl)o1)OCCOc1ccc2ccccc2c1. The van der Waals surface area contributed by atoms with Crippen LogP contribution in [0.4, 0.5) is 4.79 Å². The number of amides is 2. The molecule has 0 saturated heterocycles. The maximum Gasteiger partial charge on any atom is 0.426 e. The molecule has 0 aliphatic heterocycles. The van der Waals surface area contributed by atoms with Crippen LogP contribution in [0.5, 0.6) is 5.75 Å². The summed E-state index contributed by atoms with van der Waals surface area (Å²) in [4.78, 5) is 27.8. The number of carbonyl (C=O) groups excluding carboxylic acids is 2. The summed E-state index contributed by atoms with van der Waals surface area (Å²) in [5.41, 5.74) is 4.35. The monoisotopic (exact) mass is 488 g/mol. The van der Waals surface area contributed by atoms with Gasteiger partial charge in [-0.1, -0.05) is 53.5 Å². The third kappa shape index (κ3) is 5.76. The van der Waals surface area contributed by atoms with Crippen LogP contribution in [0.15, 0.2) is 65.3 Å². The summed E-state index contributed by atoms with van der Waals surface area (Å²) in [6.45, 7) is 0.383. The summed E-state index contributed by atoms with van der Waals surface area (Å²) in [7, 11) is 0. The van der Waals surface area contributed by atoms with Crippen LogP contribution in [0, 0.1) is 0 Å². The van der Waals surface area contributed by atoms with Crippen LogP contribution in [-0.2, 0) is 11.3 Å². The van der Waals surface area contributed by atoms with E-state index in [0.29, 0.717) is 11.5 Å². The minimum Gasteiger partial charge on any atom is -0.490 e. The third-order valence-corrected chi connectivity index (χ3v) is 5.30. The van der Waals surface area contributed by atoms with Crippen molar-refractivity contribution in [1.29, 1.82) is 0 Å². The summed E-state index contributed by atoms with van der Waals surface area (Å²) >= 11 is 11.8. The van der Waals surface area contributed by atoms with Gasteiger partial charge in [-0.15, -0.1) is 0 Å². The van der Waals surface area contributed by atoms with Gasteiger partial charge in [-0.25, -0.2) is 15.2 Å². The van der Waals surface area contributed by atoms with Crippen molar-refractivity contribution in [3.8, 4) is 5.75 Å². The minimum atomic E-state index is -0.836. The number of carbonyl (C=O) groups is 2. The van der Waals surface area contributed by atoms with Gasteiger partial charge in [0.25, 0.3) is 0 Å². The number of imidazole rings is 1. The van der Waals surface area contributed by atoms with Gasteiger partial charge in [-0.2, -0.15) is 0 Å². The Morgan fingerprint density at radius 2 is 1.82 bits per heavy atom. The predicted octanol–water partition coefficient (Wildman–Crippen LogP) is 4.43. The lowest BCUT2D eigenvalue weighted by molar-refractivity contribution is 0.0869. The second-order valence-electron chi connectivity index (χ2n) is 6.79. The van der Waals surface area contributed by atoms with Gasteiger partial charge in [0.05, 0.1) is 12.9 Å². The zero-order valence-corrected chi connectivity index (χ0v) is 18.6. The van der Waals surface area contributed by atoms with E-state index in [4.69, 9.17) is 37.1 Å². The molecule has 170 valence electrons. The van der Waals surface area contributed by atoms with Gasteiger partial charge in [-0.3, -0.25) is 10.2 Å². The number of hydrazine groups is 1. The van der Waals surface area contributed by atoms with E-state index < -0.39 is 12.0 Å². The van der Waals surface area contributed by atoms with E-state index in [1.807, 2.05) is 42.5 Å². The Hall–Kier alpha value is -3.69. The maximum absolute atomic E-state index is 12.1. The van der Waals surface area contributed by atoms with Gasteiger partial charge in [0.15, 0.2) is 10.9 Å². The maximum atomic E-state index is 12.1. The van der Waals surface area contributed by atoms with E-state index in [1.165, 1.54) is 12.4 Å².